The van der Waals surface area contributed by atoms with Gasteiger partial charge in [-0.2, -0.15) is 0 Å². The first-order chi connectivity index (χ1) is 11.7. The predicted molar refractivity (Wildman–Crippen MR) is 109 cm³/mol. The van der Waals surface area contributed by atoms with E-state index in [-0.39, 0.29) is 0 Å². The zero-order chi connectivity index (χ0) is 19.2. The van der Waals surface area contributed by atoms with Crippen LogP contribution in [0, 0.1) is 20.8 Å². The number of hydrogen-bond acceptors (Lipinski definition) is 6. The summed E-state index contributed by atoms with van der Waals surface area (Å²) in [5.74, 6) is 0.856. The van der Waals surface area contributed by atoms with Gasteiger partial charge in [0.25, 0.3) is 0 Å². The second-order valence-corrected chi connectivity index (χ2v) is 5.11. The summed E-state index contributed by atoms with van der Waals surface area (Å²) < 4.78 is 4.72. The monoisotopic (exact) mass is 371 g/mol. The van der Waals surface area contributed by atoms with Crippen molar-refractivity contribution in [3.8, 4) is 0 Å². The number of nitrogens with zero attached hydrogens (tertiary/aromatic N) is 3. The smallest absolute Gasteiger partial charge is 0.180 e. The Kier molecular flexibility index (Phi) is 27.0. The number of aryl methyl sites for hydroxylation is 3. The minimum absolute atomic E-state index is 0.856. The van der Waals surface area contributed by atoms with Gasteiger partial charge >= 0.3 is 0 Å². The Morgan fingerprint density at radius 2 is 1.54 bits per heavy atom. The van der Waals surface area contributed by atoms with E-state index >= 15 is 0 Å². The van der Waals surface area contributed by atoms with E-state index in [1.165, 1.54) is 6.39 Å². The number of aromatic nitrogens is 3. The van der Waals surface area contributed by atoms with Crippen LogP contribution in [0.2, 0.25) is 0 Å². The number of oxazole rings is 1. The highest BCUT2D eigenvalue weighted by atomic mass is 32.1. The Morgan fingerprint density at radius 1 is 0.917 bits per heavy atom. The van der Waals surface area contributed by atoms with Gasteiger partial charge in [-0.15, -0.1) is 22.7 Å². The zero-order valence-electron chi connectivity index (χ0n) is 16.5. The molecule has 3 heterocycles. The van der Waals surface area contributed by atoms with Crippen molar-refractivity contribution >= 4 is 22.7 Å². The molecule has 3 rings (SSSR count). The molecule has 0 aliphatic rings. The van der Waals surface area contributed by atoms with Gasteiger partial charge in [0.1, 0.15) is 5.76 Å². The minimum atomic E-state index is 0.856. The van der Waals surface area contributed by atoms with Gasteiger partial charge in [0, 0.05) is 22.7 Å². The van der Waals surface area contributed by atoms with Crippen LogP contribution in [0.5, 0.6) is 0 Å². The summed E-state index contributed by atoms with van der Waals surface area (Å²) in [6.45, 7) is 17.8. The third-order valence-corrected chi connectivity index (χ3v) is 3.08. The van der Waals surface area contributed by atoms with Gasteiger partial charge < -0.3 is 4.42 Å². The Labute approximate surface area is 156 Å². The fraction of sp³-hybridized carbons (Fsp3) is 0.500. The van der Waals surface area contributed by atoms with E-state index in [1.807, 2.05) is 78.6 Å². The largest absolute Gasteiger partial charge is 0.449 e. The molecule has 0 spiro atoms. The van der Waals surface area contributed by atoms with Crippen molar-refractivity contribution in [3.63, 3.8) is 0 Å². The molecule has 138 valence electrons. The molecule has 0 fully saturated rings. The van der Waals surface area contributed by atoms with Gasteiger partial charge in [-0.3, -0.25) is 9.97 Å². The van der Waals surface area contributed by atoms with Crippen LogP contribution < -0.4 is 0 Å². The molecule has 0 saturated carbocycles. The van der Waals surface area contributed by atoms with Crippen LogP contribution in [0.25, 0.3) is 0 Å². The lowest BCUT2D eigenvalue weighted by atomic mass is 10.6. The van der Waals surface area contributed by atoms with E-state index in [2.05, 4.69) is 15.0 Å². The molecule has 6 heteroatoms. The second kappa shape index (κ2) is 23.7. The average Bonchev–Trinajstić information content (AvgIpc) is 3.40. The third kappa shape index (κ3) is 20.5. The lowest BCUT2D eigenvalue weighted by molar-refractivity contribution is 0.527. The predicted octanol–water partition coefficient (Wildman–Crippen LogP) is 6.96. The van der Waals surface area contributed by atoms with Gasteiger partial charge in [-0.25, -0.2) is 4.98 Å². The third-order valence-electron chi connectivity index (χ3n) is 1.67. The molecule has 3 aromatic rings. The van der Waals surface area contributed by atoms with E-state index in [9.17, 15) is 0 Å². The van der Waals surface area contributed by atoms with E-state index in [0.717, 1.165) is 16.5 Å². The standard InChI is InChI=1S/C4H5NO.2C4H5NS.3C2H6/c1-4-2-5-3-6-4;1-4-2-6-3-5-4;1-4-5-2-3-6-4;3*1-2/h3*2-3H,1H3;3*1-2H3. The first-order valence-electron chi connectivity index (χ1n) is 8.24. The molecule has 3 aromatic heterocycles. The molecule has 0 unspecified atom stereocenters. The van der Waals surface area contributed by atoms with E-state index in [1.54, 1.807) is 35.1 Å². The summed E-state index contributed by atoms with van der Waals surface area (Å²) in [6, 6.07) is 0. The fourth-order valence-electron chi connectivity index (χ4n) is 0.847. The van der Waals surface area contributed by atoms with Crippen molar-refractivity contribution in [1.29, 1.82) is 0 Å². The summed E-state index contributed by atoms with van der Waals surface area (Å²) >= 11 is 3.30. The molecule has 0 aliphatic heterocycles. The average molecular weight is 372 g/mol. The summed E-state index contributed by atoms with van der Waals surface area (Å²) in [5, 5.41) is 5.12. The molecule has 0 saturated heterocycles. The van der Waals surface area contributed by atoms with Crippen molar-refractivity contribution in [2.75, 3.05) is 0 Å². The maximum atomic E-state index is 4.72. The van der Waals surface area contributed by atoms with Crippen molar-refractivity contribution in [3.05, 3.63) is 51.5 Å². The number of hydrogen-bond donors (Lipinski definition) is 0. The molecule has 0 N–H and O–H groups in total. The number of rotatable bonds is 0. The van der Waals surface area contributed by atoms with Gasteiger partial charge in [-0.1, -0.05) is 41.5 Å². The van der Waals surface area contributed by atoms with Crippen LogP contribution in [-0.2, 0) is 0 Å². The highest BCUT2D eigenvalue weighted by Gasteiger charge is 1.77. The van der Waals surface area contributed by atoms with Gasteiger partial charge in [0.05, 0.1) is 16.7 Å². The van der Waals surface area contributed by atoms with Crippen LogP contribution >= 0.6 is 22.7 Å². The van der Waals surface area contributed by atoms with Gasteiger partial charge in [0.15, 0.2) is 6.39 Å². The van der Waals surface area contributed by atoms with E-state index < -0.39 is 0 Å². The normalized spacial score (nSPS) is 7.38. The quantitative estimate of drug-likeness (QED) is 0.428. The van der Waals surface area contributed by atoms with Gasteiger partial charge in [-0.05, 0) is 20.8 Å². The van der Waals surface area contributed by atoms with Crippen LogP contribution in [0.1, 0.15) is 58.0 Å². The second-order valence-electron chi connectivity index (χ2n) is 3.29. The Hall–Kier alpha value is -1.53. The van der Waals surface area contributed by atoms with Crippen molar-refractivity contribution in [1.82, 2.24) is 15.0 Å². The van der Waals surface area contributed by atoms with Crippen LogP contribution in [0.15, 0.2) is 39.5 Å². The molecular weight excluding hydrogens is 338 g/mol. The first-order valence-corrected chi connectivity index (χ1v) is 10.1. The van der Waals surface area contributed by atoms with Gasteiger partial charge in [0.2, 0.25) is 0 Å². The molecule has 0 radical (unpaired) electrons. The maximum absolute atomic E-state index is 4.72. The van der Waals surface area contributed by atoms with Crippen molar-refractivity contribution in [2.24, 2.45) is 0 Å². The molecule has 4 nitrogen and oxygen atoms in total. The van der Waals surface area contributed by atoms with E-state index in [4.69, 9.17) is 4.42 Å². The molecule has 0 aromatic carbocycles. The highest BCUT2D eigenvalue weighted by molar-refractivity contribution is 7.09. The fourth-order valence-corrected chi connectivity index (χ4v) is 1.83. The molecule has 0 bridgehead atoms. The number of thiazole rings is 2. The molecule has 0 amide bonds. The Balaban J connectivity index is -0.000000239. The van der Waals surface area contributed by atoms with Crippen LogP contribution in [0.4, 0.5) is 0 Å². The first kappa shape index (κ1) is 27.3. The SMILES string of the molecule is CC.CC.CC.Cc1cnco1.Cc1cscn1.Cc1nccs1. The topological polar surface area (TPSA) is 51.8 Å². The summed E-state index contributed by atoms with van der Waals surface area (Å²) in [5.41, 5.74) is 2.94. The summed E-state index contributed by atoms with van der Waals surface area (Å²) in [6.07, 6.45) is 4.88. The molecule has 24 heavy (non-hydrogen) atoms. The minimum Gasteiger partial charge on any atom is -0.449 e. The highest BCUT2D eigenvalue weighted by Crippen LogP contribution is 1.98. The summed E-state index contributed by atoms with van der Waals surface area (Å²) in [4.78, 5) is 11.5. The molecule has 0 aliphatic carbocycles. The van der Waals surface area contributed by atoms with Crippen LogP contribution in [0.3, 0.4) is 0 Å². The van der Waals surface area contributed by atoms with Crippen molar-refractivity contribution in [2.45, 2.75) is 62.3 Å². The summed E-state index contributed by atoms with van der Waals surface area (Å²) in [7, 11) is 0. The lowest BCUT2D eigenvalue weighted by Crippen LogP contribution is -1.59. The molecule has 0 atom stereocenters. The zero-order valence-corrected chi connectivity index (χ0v) is 18.2. The molecular formula is C18H33N3OS2. The lowest BCUT2D eigenvalue weighted by Gasteiger charge is -1.66. The van der Waals surface area contributed by atoms with E-state index in [0.29, 0.717) is 0 Å². The van der Waals surface area contributed by atoms with Crippen molar-refractivity contribution < 1.29 is 4.42 Å². The van der Waals surface area contributed by atoms with Crippen LogP contribution in [-0.4, -0.2) is 15.0 Å². The maximum Gasteiger partial charge on any atom is 0.180 e. The Bertz CT molecular complexity index is 416. The Morgan fingerprint density at radius 3 is 1.67 bits per heavy atom.